The molecule has 1 aromatic rings. The molecule has 3 N–H and O–H groups in total. The van der Waals surface area contributed by atoms with Crippen molar-refractivity contribution in [2.24, 2.45) is 17.8 Å². The zero-order valence-electron chi connectivity index (χ0n) is 12.6. The van der Waals surface area contributed by atoms with Gasteiger partial charge in [0.1, 0.15) is 18.0 Å². The summed E-state index contributed by atoms with van der Waals surface area (Å²) in [5.41, 5.74) is 7.09. The fraction of sp³-hybridized carbons (Fsp3) is 0.750. The van der Waals surface area contributed by atoms with Gasteiger partial charge in [-0.25, -0.2) is 9.97 Å². The third kappa shape index (κ3) is 2.48. The summed E-state index contributed by atoms with van der Waals surface area (Å²) in [5.74, 6) is 4.30. The van der Waals surface area contributed by atoms with Gasteiger partial charge in [-0.2, -0.15) is 0 Å². The van der Waals surface area contributed by atoms with Crippen molar-refractivity contribution in [2.75, 3.05) is 11.1 Å². The maximum absolute atomic E-state index is 6.01. The second kappa shape index (κ2) is 5.58. The van der Waals surface area contributed by atoms with Crippen LogP contribution in [0.1, 0.15) is 51.5 Å². The van der Waals surface area contributed by atoms with Crippen LogP contribution in [0, 0.1) is 17.8 Å². The van der Waals surface area contributed by atoms with E-state index in [9.17, 15) is 0 Å². The number of rotatable bonds is 5. The smallest absolute Gasteiger partial charge is 0.134 e. The SMILES string of the molecule is CCCc1c(N)ncnc1NC(C)C1CC2CCC1C2. The van der Waals surface area contributed by atoms with Crippen molar-refractivity contribution in [3.63, 3.8) is 0 Å². The van der Waals surface area contributed by atoms with E-state index in [0.717, 1.165) is 42.0 Å². The van der Waals surface area contributed by atoms with E-state index < -0.39 is 0 Å². The first-order valence-corrected chi connectivity index (χ1v) is 8.05. The number of anilines is 2. The molecule has 0 saturated heterocycles. The summed E-state index contributed by atoms with van der Waals surface area (Å²) in [6, 6.07) is 0.482. The van der Waals surface area contributed by atoms with Gasteiger partial charge in [0.25, 0.3) is 0 Å². The van der Waals surface area contributed by atoms with Crippen molar-refractivity contribution in [1.29, 1.82) is 0 Å². The lowest BCUT2D eigenvalue weighted by molar-refractivity contribution is 0.304. The molecule has 0 spiro atoms. The highest BCUT2D eigenvalue weighted by Crippen LogP contribution is 2.49. The van der Waals surface area contributed by atoms with E-state index in [1.54, 1.807) is 6.33 Å². The Labute approximate surface area is 121 Å². The number of aromatic nitrogens is 2. The molecule has 3 rings (SSSR count). The van der Waals surface area contributed by atoms with Crippen molar-refractivity contribution in [3.8, 4) is 0 Å². The Balaban J connectivity index is 1.72. The highest BCUT2D eigenvalue weighted by Gasteiger charge is 2.41. The Morgan fingerprint density at radius 1 is 1.35 bits per heavy atom. The molecule has 2 fully saturated rings. The Kier molecular flexibility index (Phi) is 3.81. The monoisotopic (exact) mass is 274 g/mol. The Hall–Kier alpha value is -1.32. The molecule has 4 heteroatoms. The first-order chi connectivity index (χ1) is 9.69. The molecule has 2 aliphatic carbocycles. The minimum atomic E-state index is 0.482. The molecule has 0 aromatic carbocycles. The van der Waals surface area contributed by atoms with Crippen LogP contribution in [0.15, 0.2) is 6.33 Å². The Morgan fingerprint density at radius 2 is 2.20 bits per heavy atom. The molecule has 0 radical (unpaired) electrons. The molecule has 1 heterocycles. The summed E-state index contributed by atoms with van der Waals surface area (Å²) in [4.78, 5) is 8.56. The van der Waals surface area contributed by atoms with Crippen molar-refractivity contribution in [3.05, 3.63) is 11.9 Å². The second-order valence-electron chi connectivity index (χ2n) is 6.61. The van der Waals surface area contributed by atoms with Crippen molar-refractivity contribution < 1.29 is 0 Å². The summed E-state index contributed by atoms with van der Waals surface area (Å²) in [6.45, 7) is 4.47. The lowest BCUT2D eigenvalue weighted by Crippen LogP contribution is -2.30. The van der Waals surface area contributed by atoms with E-state index in [4.69, 9.17) is 5.73 Å². The van der Waals surface area contributed by atoms with Gasteiger partial charge in [0.05, 0.1) is 0 Å². The number of nitrogens with zero attached hydrogens (tertiary/aromatic N) is 2. The first-order valence-electron chi connectivity index (χ1n) is 8.05. The van der Waals surface area contributed by atoms with E-state index in [1.165, 1.54) is 25.7 Å². The van der Waals surface area contributed by atoms with Crippen molar-refractivity contribution >= 4 is 11.6 Å². The summed E-state index contributed by atoms with van der Waals surface area (Å²) in [5, 5.41) is 3.63. The molecular weight excluding hydrogens is 248 g/mol. The van der Waals surface area contributed by atoms with Crippen LogP contribution in [0.25, 0.3) is 0 Å². The number of hydrogen-bond donors (Lipinski definition) is 2. The zero-order chi connectivity index (χ0) is 14.1. The van der Waals surface area contributed by atoms with Crippen molar-refractivity contribution in [1.82, 2.24) is 9.97 Å². The molecule has 2 bridgehead atoms. The van der Waals surface area contributed by atoms with E-state index in [0.29, 0.717) is 11.9 Å². The Bertz CT molecular complexity index is 474. The molecule has 110 valence electrons. The largest absolute Gasteiger partial charge is 0.383 e. The zero-order valence-corrected chi connectivity index (χ0v) is 12.6. The van der Waals surface area contributed by atoms with Gasteiger partial charge in [0, 0.05) is 11.6 Å². The van der Waals surface area contributed by atoms with Crippen LogP contribution in [0.4, 0.5) is 11.6 Å². The predicted molar refractivity (Wildman–Crippen MR) is 82.5 cm³/mol. The van der Waals surface area contributed by atoms with Crippen LogP contribution in [0.3, 0.4) is 0 Å². The van der Waals surface area contributed by atoms with Gasteiger partial charge in [-0.1, -0.05) is 19.8 Å². The lowest BCUT2D eigenvalue weighted by atomic mass is 9.84. The van der Waals surface area contributed by atoms with E-state index in [2.05, 4.69) is 29.1 Å². The average molecular weight is 274 g/mol. The lowest BCUT2D eigenvalue weighted by Gasteiger charge is -2.29. The number of nitrogens with one attached hydrogen (secondary N) is 1. The minimum absolute atomic E-state index is 0.482. The third-order valence-electron chi connectivity index (χ3n) is 5.28. The maximum Gasteiger partial charge on any atom is 0.134 e. The van der Waals surface area contributed by atoms with Gasteiger partial charge < -0.3 is 11.1 Å². The van der Waals surface area contributed by atoms with Gasteiger partial charge in [-0.15, -0.1) is 0 Å². The van der Waals surface area contributed by atoms with Gasteiger partial charge in [0.15, 0.2) is 0 Å². The topological polar surface area (TPSA) is 63.8 Å². The quantitative estimate of drug-likeness (QED) is 0.865. The van der Waals surface area contributed by atoms with Crippen LogP contribution in [0.2, 0.25) is 0 Å². The molecule has 0 aliphatic heterocycles. The molecule has 2 saturated carbocycles. The highest BCUT2D eigenvalue weighted by molar-refractivity contribution is 5.55. The van der Waals surface area contributed by atoms with E-state index in [-0.39, 0.29) is 0 Å². The molecule has 2 aliphatic rings. The fourth-order valence-corrected chi connectivity index (χ4v) is 4.28. The molecule has 4 unspecified atom stereocenters. The molecular formula is C16H26N4. The second-order valence-corrected chi connectivity index (χ2v) is 6.61. The molecule has 1 aromatic heterocycles. The van der Waals surface area contributed by atoms with E-state index >= 15 is 0 Å². The van der Waals surface area contributed by atoms with Crippen LogP contribution >= 0.6 is 0 Å². The summed E-state index contributed by atoms with van der Waals surface area (Å²) >= 11 is 0. The molecule has 20 heavy (non-hydrogen) atoms. The Morgan fingerprint density at radius 3 is 2.85 bits per heavy atom. The summed E-state index contributed by atoms with van der Waals surface area (Å²) in [6.07, 6.45) is 9.30. The maximum atomic E-state index is 6.01. The fourth-order valence-electron chi connectivity index (χ4n) is 4.28. The predicted octanol–water partition coefficient (Wildman–Crippen LogP) is 3.25. The van der Waals surface area contributed by atoms with Crippen LogP contribution in [0.5, 0.6) is 0 Å². The number of nitrogen functional groups attached to an aromatic ring is 1. The van der Waals surface area contributed by atoms with Gasteiger partial charge in [-0.05, 0) is 50.4 Å². The van der Waals surface area contributed by atoms with Crippen LogP contribution in [-0.4, -0.2) is 16.0 Å². The number of nitrogens with two attached hydrogens (primary N) is 1. The van der Waals surface area contributed by atoms with Gasteiger partial charge >= 0.3 is 0 Å². The normalized spacial score (nSPS) is 29.6. The molecule has 0 amide bonds. The standard InChI is InChI=1S/C16H26N4/c1-3-4-13-15(17)18-9-19-16(13)20-10(2)14-8-11-5-6-12(14)7-11/h9-12,14H,3-8H2,1-2H3,(H3,17,18,19,20). The average Bonchev–Trinajstić information content (AvgIpc) is 3.05. The number of hydrogen-bond acceptors (Lipinski definition) is 4. The van der Waals surface area contributed by atoms with Crippen LogP contribution in [-0.2, 0) is 6.42 Å². The van der Waals surface area contributed by atoms with Gasteiger partial charge in [-0.3, -0.25) is 0 Å². The molecule has 4 atom stereocenters. The van der Waals surface area contributed by atoms with E-state index in [1.807, 2.05) is 0 Å². The minimum Gasteiger partial charge on any atom is -0.383 e. The highest BCUT2D eigenvalue weighted by atomic mass is 15.1. The third-order valence-corrected chi connectivity index (χ3v) is 5.28. The molecule has 4 nitrogen and oxygen atoms in total. The first kappa shape index (κ1) is 13.7. The van der Waals surface area contributed by atoms with Crippen LogP contribution < -0.4 is 11.1 Å². The number of fused-ring (bicyclic) bond motifs is 2. The van der Waals surface area contributed by atoms with Crippen molar-refractivity contribution in [2.45, 2.75) is 58.4 Å². The summed E-state index contributed by atoms with van der Waals surface area (Å²) < 4.78 is 0. The van der Waals surface area contributed by atoms with Gasteiger partial charge in [0.2, 0.25) is 0 Å². The summed E-state index contributed by atoms with van der Waals surface area (Å²) in [7, 11) is 0.